The Balaban J connectivity index is 2.28. The first kappa shape index (κ1) is 19.9. The summed E-state index contributed by atoms with van der Waals surface area (Å²) in [6.07, 6.45) is 3.32. The van der Waals surface area contributed by atoms with Crippen LogP contribution >= 0.6 is 27.7 Å². The summed E-state index contributed by atoms with van der Waals surface area (Å²) >= 11 is 5.20. The molecule has 0 amide bonds. The molecule has 5 heteroatoms. The molecule has 0 aliphatic carbocycles. The Bertz CT molecular complexity index is 759. The van der Waals surface area contributed by atoms with E-state index in [0.29, 0.717) is 18.8 Å². The highest BCUT2D eigenvalue weighted by atomic mass is 79.9. The van der Waals surface area contributed by atoms with E-state index in [-0.39, 0.29) is 5.97 Å². The first-order valence-corrected chi connectivity index (χ1v) is 10.3. The molecule has 0 saturated heterocycles. The van der Waals surface area contributed by atoms with Crippen LogP contribution in [0.2, 0.25) is 0 Å². The lowest BCUT2D eigenvalue weighted by Crippen LogP contribution is -2.09. The molecule has 0 heterocycles. The molecule has 3 nitrogen and oxygen atoms in total. The molecule has 0 aliphatic heterocycles. The minimum Gasteiger partial charge on any atom is -0.488 e. The molecule has 0 spiro atoms. The molecule has 0 aliphatic rings. The normalized spacial score (nSPS) is 10.6. The van der Waals surface area contributed by atoms with Gasteiger partial charge >= 0.3 is 5.97 Å². The number of ether oxygens (including phenoxy) is 2. The van der Waals surface area contributed by atoms with Gasteiger partial charge in [0.05, 0.1) is 4.47 Å². The Morgan fingerprint density at radius 3 is 2.60 bits per heavy atom. The van der Waals surface area contributed by atoms with E-state index in [1.54, 1.807) is 18.7 Å². The van der Waals surface area contributed by atoms with Gasteiger partial charge in [0.15, 0.2) is 0 Å². The number of esters is 1. The van der Waals surface area contributed by atoms with Crippen molar-refractivity contribution in [3.63, 3.8) is 0 Å². The van der Waals surface area contributed by atoms with E-state index >= 15 is 0 Å². The smallest absolute Gasteiger partial charge is 0.310 e. The van der Waals surface area contributed by atoms with Crippen molar-refractivity contribution < 1.29 is 14.3 Å². The monoisotopic (exact) mass is 422 g/mol. The van der Waals surface area contributed by atoms with Crippen LogP contribution in [0.15, 0.2) is 39.7 Å². The van der Waals surface area contributed by atoms with Crippen LogP contribution in [0, 0.1) is 6.92 Å². The molecule has 2 aromatic rings. The standard InChI is InChI=1S/C20H23BrO3S/c1-5-14-11-16(21)18(10-13(14)3)23-12-15-17(24-20(22)6-2)8-7-9-19(15)25-4/h7-11H,5-6,12H2,1-4H3. The molecule has 0 N–H and O–H groups in total. The lowest BCUT2D eigenvalue weighted by Gasteiger charge is -2.16. The molecule has 25 heavy (non-hydrogen) atoms. The average molecular weight is 423 g/mol. The van der Waals surface area contributed by atoms with Crippen molar-refractivity contribution in [1.82, 2.24) is 0 Å². The summed E-state index contributed by atoms with van der Waals surface area (Å²) in [5, 5.41) is 0. The molecule has 0 radical (unpaired) electrons. The second-order valence-corrected chi connectivity index (χ2v) is 7.32. The number of carbonyl (C=O) groups excluding carboxylic acids is 1. The highest BCUT2D eigenvalue weighted by Gasteiger charge is 2.14. The van der Waals surface area contributed by atoms with Crippen LogP contribution in [0.3, 0.4) is 0 Å². The van der Waals surface area contributed by atoms with Gasteiger partial charge in [-0.3, -0.25) is 4.79 Å². The molecular formula is C20H23BrO3S. The van der Waals surface area contributed by atoms with E-state index in [4.69, 9.17) is 9.47 Å². The van der Waals surface area contributed by atoms with Crippen molar-refractivity contribution in [3.8, 4) is 11.5 Å². The van der Waals surface area contributed by atoms with Crippen molar-refractivity contribution in [2.75, 3.05) is 6.26 Å². The van der Waals surface area contributed by atoms with Crippen LogP contribution in [-0.4, -0.2) is 12.2 Å². The number of halogens is 1. The van der Waals surface area contributed by atoms with Crippen LogP contribution in [0.25, 0.3) is 0 Å². The van der Waals surface area contributed by atoms with E-state index in [0.717, 1.165) is 27.1 Å². The van der Waals surface area contributed by atoms with Gasteiger partial charge in [-0.25, -0.2) is 0 Å². The lowest BCUT2D eigenvalue weighted by atomic mass is 10.1. The number of hydrogen-bond acceptors (Lipinski definition) is 4. The molecule has 2 aromatic carbocycles. The molecule has 0 saturated carbocycles. The van der Waals surface area contributed by atoms with Crippen LogP contribution in [0.4, 0.5) is 0 Å². The summed E-state index contributed by atoms with van der Waals surface area (Å²) in [5.74, 6) is 1.11. The molecule has 134 valence electrons. The first-order valence-electron chi connectivity index (χ1n) is 8.28. The van der Waals surface area contributed by atoms with E-state index in [2.05, 4.69) is 35.8 Å². The molecule has 2 rings (SSSR count). The third kappa shape index (κ3) is 5.02. The van der Waals surface area contributed by atoms with Crippen molar-refractivity contribution in [2.24, 2.45) is 0 Å². The van der Waals surface area contributed by atoms with Crippen molar-refractivity contribution in [2.45, 2.75) is 45.1 Å². The SMILES string of the molecule is CCC(=O)Oc1cccc(SC)c1COc1cc(C)c(CC)cc1Br. The van der Waals surface area contributed by atoms with Crippen LogP contribution in [0.1, 0.15) is 37.0 Å². The molecular weight excluding hydrogens is 400 g/mol. The topological polar surface area (TPSA) is 35.5 Å². The zero-order valence-electron chi connectivity index (χ0n) is 15.0. The maximum atomic E-state index is 11.7. The van der Waals surface area contributed by atoms with Crippen LogP contribution in [-0.2, 0) is 17.8 Å². The van der Waals surface area contributed by atoms with Gasteiger partial charge in [0.2, 0.25) is 0 Å². The number of aryl methyl sites for hydroxylation is 2. The van der Waals surface area contributed by atoms with Gasteiger partial charge in [-0.1, -0.05) is 19.9 Å². The van der Waals surface area contributed by atoms with Crippen molar-refractivity contribution in [3.05, 3.63) is 51.5 Å². The molecule has 0 bridgehead atoms. The van der Waals surface area contributed by atoms with Crippen LogP contribution < -0.4 is 9.47 Å². The third-order valence-electron chi connectivity index (χ3n) is 3.97. The largest absolute Gasteiger partial charge is 0.488 e. The quantitative estimate of drug-likeness (QED) is 0.314. The minimum atomic E-state index is -0.246. The van der Waals surface area contributed by atoms with Gasteiger partial charge in [0.1, 0.15) is 18.1 Å². The van der Waals surface area contributed by atoms with Gasteiger partial charge in [0, 0.05) is 16.9 Å². The Hall–Kier alpha value is -1.46. The van der Waals surface area contributed by atoms with Gasteiger partial charge in [0.25, 0.3) is 0 Å². The van der Waals surface area contributed by atoms with Gasteiger partial charge in [-0.15, -0.1) is 11.8 Å². The summed E-state index contributed by atoms with van der Waals surface area (Å²) in [6.45, 7) is 6.35. The number of thioether (sulfide) groups is 1. The van der Waals surface area contributed by atoms with Gasteiger partial charge < -0.3 is 9.47 Å². The van der Waals surface area contributed by atoms with E-state index in [1.807, 2.05) is 30.5 Å². The summed E-state index contributed by atoms with van der Waals surface area (Å²) in [6, 6.07) is 9.86. The van der Waals surface area contributed by atoms with Crippen molar-refractivity contribution in [1.29, 1.82) is 0 Å². The van der Waals surface area contributed by atoms with E-state index in [1.165, 1.54) is 11.1 Å². The number of carbonyl (C=O) groups is 1. The maximum absolute atomic E-state index is 11.7. The Kier molecular flexibility index (Phi) is 7.38. The number of rotatable bonds is 7. The zero-order chi connectivity index (χ0) is 18.4. The Morgan fingerprint density at radius 2 is 1.96 bits per heavy atom. The minimum absolute atomic E-state index is 0.246. The van der Waals surface area contributed by atoms with Gasteiger partial charge in [-0.05, 0) is 70.9 Å². The fourth-order valence-electron chi connectivity index (χ4n) is 2.51. The number of benzene rings is 2. The molecule has 0 aromatic heterocycles. The summed E-state index contributed by atoms with van der Waals surface area (Å²) in [4.78, 5) is 12.7. The summed E-state index contributed by atoms with van der Waals surface area (Å²) < 4.78 is 12.5. The highest BCUT2D eigenvalue weighted by Crippen LogP contribution is 2.33. The first-order chi connectivity index (χ1) is 12.0. The summed E-state index contributed by atoms with van der Waals surface area (Å²) in [7, 11) is 0. The van der Waals surface area contributed by atoms with E-state index < -0.39 is 0 Å². The Morgan fingerprint density at radius 1 is 1.20 bits per heavy atom. The second-order valence-electron chi connectivity index (χ2n) is 5.62. The summed E-state index contributed by atoms with van der Waals surface area (Å²) in [5.41, 5.74) is 3.39. The zero-order valence-corrected chi connectivity index (χ0v) is 17.4. The molecule has 0 unspecified atom stereocenters. The van der Waals surface area contributed by atoms with E-state index in [9.17, 15) is 4.79 Å². The highest BCUT2D eigenvalue weighted by molar-refractivity contribution is 9.10. The number of hydrogen-bond donors (Lipinski definition) is 0. The van der Waals surface area contributed by atoms with Gasteiger partial charge in [-0.2, -0.15) is 0 Å². The fraction of sp³-hybridized carbons (Fsp3) is 0.350. The third-order valence-corrected chi connectivity index (χ3v) is 5.41. The average Bonchev–Trinajstić information content (AvgIpc) is 2.62. The van der Waals surface area contributed by atoms with Crippen LogP contribution in [0.5, 0.6) is 11.5 Å². The predicted molar refractivity (Wildman–Crippen MR) is 107 cm³/mol. The maximum Gasteiger partial charge on any atom is 0.310 e. The fourth-order valence-corrected chi connectivity index (χ4v) is 3.63. The second kappa shape index (κ2) is 9.30. The Labute approximate surface area is 162 Å². The molecule has 0 atom stereocenters. The van der Waals surface area contributed by atoms with Crippen molar-refractivity contribution >= 4 is 33.7 Å². The lowest BCUT2D eigenvalue weighted by molar-refractivity contribution is -0.134. The predicted octanol–water partition coefficient (Wildman–Crippen LogP) is 5.94. The molecule has 0 fully saturated rings.